The Morgan fingerprint density at radius 2 is 2.22 bits per heavy atom. The molecule has 1 atom stereocenters. The van der Waals surface area contributed by atoms with E-state index in [1.165, 1.54) is 0 Å². The van der Waals surface area contributed by atoms with Crippen molar-refractivity contribution in [3.63, 3.8) is 0 Å². The molecule has 1 fully saturated rings. The summed E-state index contributed by atoms with van der Waals surface area (Å²) in [6.45, 7) is 7.42. The Labute approximate surface area is 135 Å². The van der Waals surface area contributed by atoms with Crippen molar-refractivity contribution in [2.45, 2.75) is 38.8 Å². The third kappa shape index (κ3) is 2.65. The molecule has 3 aromatic rings. The SMILES string of the molecule is CC(C)N1CCC(c2nc3cccnc3n2Cc2ccco2)C1. The van der Waals surface area contributed by atoms with Crippen molar-refractivity contribution < 1.29 is 4.42 Å². The summed E-state index contributed by atoms with van der Waals surface area (Å²) in [5, 5.41) is 0. The van der Waals surface area contributed by atoms with Gasteiger partial charge < -0.3 is 13.9 Å². The van der Waals surface area contributed by atoms with E-state index in [4.69, 9.17) is 9.40 Å². The maximum atomic E-state index is 5.55. The van der Waals surface area contributed by atoms with Gasteiger partial charge in [-0.25, -0.2) is 9.97 Å². The molecule has 4 rings (SSSR count). The monoisotopic (exact) mass is 310 g/mol. The molecule has 0 aliphatic carbocycles. The van der Waals surface area contributed by atoms with Crippen molar-refractivity contribution in [2.75, 3.05) is 13.1 Å². The third-order valence-electron chi connectivity index (χ3n) is 4.74. The predicted molar refractivity (Wildman–Crippen MR) is 89.4 cm³/mol. The first-order valence-electron chi connectivity index (χ1n) is 8.30. The van der Waals surface area contributed by atoms with Crippen LogP contribution < -0.4 is 0 Å². The molecule has 0 bridgehead atoms. The molecule has 0 saturated carbocycles. The minimum Gasteiger partial charge on any atom is -0.467 e. The Morgan fingerprint density at radius 3 is 2.96 bits per heavy atom. The van der Waals surface area contributed by atoms with Crippen LogP contribution in [0.4, 0.5) is 0 Å². The molecule has 0 spiro atoms. The second kappa shape index (κ2) is 5.81. The van der Waals surface area contributed by atoms with Crippen LogP contribution in [0, 0.1) is 0 Å². The molecule has 0 amide bonds. The van der Waals surface area contributed by atoms with Crippen molar-refractivity contribution in [1.82, 2.24) is 19.4 Å². The summed E-state index contributed by atoms with van der Waals surface area (Å²) in [7, 11) is 0. The fourth-order valence-electron chi connectivity index (χ4n) is 3.47. The van der Waals surface area contributed by atoms with E-state index >= 15 is 0 Å². The minimum atomic E-state index is 0.460. The Kier molecular flexibility index (Phi) is 3.65. The zero-order valence-corrected chi connectivity index (χ0v) is 13.6. The van der Waals surface area contributed by atoms with Gasteiger partial charge in [-0.05, 0) is 51.1 Å². The summed E-state index contributed by atoms with van der Waals surface area (Å²) in [4.78, 5) is 12.0. The number of imidazole rings is 1. The van der Waals surface area contributed by atoms with Crippen molar-refractivity contribution in [1.29, 1.82) is 0 Å². The van der Waals surface area contributed by atoms with Crippen LogP contribution in [0.25, 0.3) is 11.2 Å². The lowest BCUT2D eigenvalue weighted by atomic mass is 10.1. The second-order valence-electron chi connectivity index (χ2n) is 6.56. The Balaban J connectivity index is 1.73. The maximum Gasteiger partial charge on any atom is 0.160 e. The first kappa shape index (κ1) is 14.5. The van der Waals surface area contributed by atoms with Gasteiger partial charge in [0.25, 0.3) is 0 Å². The van der Waals surface area contributed by atoms with Gasteiger partial charge in [0.05, 0.1) is 12.8 Å². The molecule has 1 saturated heterocycles. The lowest BCUT2D eigenvalue weighted by Crippen LogP contribution is -2.28. The average Bonchev–Trinajstić information content (AvgIpc) is 3.27. The van der Waals surface area contributed by atoms with Gasteiger partial charge in [-0.1, -0.05) is 0 Å². The molecule has 4 heterocycles. The molecule has 1 aliphatic heterocycles. The average molecular weight is 310 g/mol. The zero-order chi connectivity index (χ0) is 15.8. The number of hydrogen-bond acceptors (Lipinski definition) is 4. The Morgan fingerprint density at radius 1 is 1.30 bits per heavy atom. The van der Waals surface area contributed by atoms with Gasteiger partial charge in [-0.3, -0.25) is 0 Å². The van der Waals surface area contributed by atoms with Crippen LogP contribution in [-0.4, -0.2) is 38.6 Å². The van der Waals surface area contributed by atoms with Crippen LogP contribution in [0.3, 0.4) is 0 Å². The van der Waals surface area contributed by atoms with Crippen LogP contribution in [0.1, 0.15) is 37.8 Å². The minimum absolute atomic E-state index is 0.460. The van der Waals surface area contributed by atoms with Crippen molar-refractivity contribution in [3.05, 3.63) is 48.3 Å². The number of likely N-dealkylation sites (tertiary alicyclic amines) is 1. The predicted octanol–water partition coefficient (Wildman–Crippen LogP) is 3.27. The van der Waals surface area contributed by atoms with Gasteiger partial charge in [0.1, 0.15) is 17.1 Å². The second-order valence-corrected chi connectivity index (χ2v) is 6.56. The third-order valence-corrected chi connectivity index (χ3v) is 4.74. The molecule has 1 aliphatic rings. The summed E-state index contributed by atoms with van der Waals surface area (Å²) >= 11 is 0. The van der Waals surface area contributed by atoms with Crippen LogP contribution in [0.2, 0.25) is 0 Å². The van der Waals surface area contributed by atoms with Crippen LogP contribution in [0.5, 0.6) is 0 Å². The number of rotatable bonds is 4. The lowest BCUT2D eigenvalue weighted by molar-refractivity contribution is 0.271. The summed E-state index contributed by atoms with van der Waals surface area (Å²) in [5.41, 5.74) is 1.92. The molecule has 0 N–H and O–H groups in total. The Hall–Kier alpha value is -2.14. The first-order valence-corrected chi connectivity index (χ1v) is 8.30. The van der Waals surface area contributed by atoms with Gasteiger partial charge in [0.15, 0.2) is 5.65 Å². The van der Waals surface area contributed by atoms with Crippen LogP contribution in [0.15, 0.2) is 41.1 Å². The number of furan rings is 1. The molecular weight excluding hydrogens is 288 g/mol. The number of pyridine rings is 1. The van der Waals surface area contributed by atoms with Crippen molar-refractivity contribution >= 4 is 11.2 Å². The largest absolute Gasteiger partial charge is 0.467 e. The normalized spacial score (nSPS) is 19.2. The number of aromatic nitrogens is 3. The van der Waals surface area contributed by atoms with Gasteiger partial charge in [-0.15, -0.1) is 0 Å². The van der Waals surface area contributed by atoms with E-state index in [0.717, 1.165) is 42.3 Å². The summed E-state index contributed by atoms with van der Waals surface area (Å²) in [6, 6.07) is 8.51. The summed E-state index contributed by atoms with van der Waals surface area (Å²) in [5.74, 6) is 2.54. The number of hydrogen-bond donors (Lipinski definition) is 0. The molecular formula is C18H22N4O. The molecule has 5 nitrogen and oxygen atoms in total. The van der Waals surface area contributed by atoms with Gasteiger partial charge >= 0.3 is 0 Å². The fraction of sp³-hybridized carbons (Fsp3) is 0.444. The highest BCUT2D eigenvalue weighted by Gasteiger charge is 2.29. The van der Waals surface area contributed by atoms with Crippen LogP contribution in [-0.2, 0) is 6.54 Å². The van der Waals surface area contributed by atoms with E-state index in [1.54, 1.807) is 6.26 Å². The van der Waals surface area contributed by atoms with E-state index in [-0.39, 0.29) is 0 Å². The topological polar surface area (TPSA) is 47.1 Å². The standard InChI is InChI=1S/C18H22N4O/c1-13(2)21-9-7-14(11-21)17-20-16-6-3-8-19-18(16)22(17)12-15-5-4-10-23-15/h3-6,8,10,13-14H,7,9,11-12H2,1-2H3. The molecule has 3 aromatic heterocycles. The van der Waals surface area contributed by atoms with E-state index < -0.39 is 0 Å². The van der Waals surface area contributed by atoms with Gasteiger partial charge in [-0.2, -0.15) is 0 Å². The highest BCUT2D eigenvalue weighted by molar-refractivity contribution is 5.71. The highest BCUT2D eigenvalue weighted by Crippen LogP contribution is 2.30. The van der Waals surface area contributed by atoms with Crippen LogP contribution >= 0.6 is 0 Å². The maximum absolute atomic E-state index is 5.55. The molecule has 23 heavy (non-hydrogen) atoms. The summed E-state index contributed by atoms with van der Waals surface area (Å²) < 4.78 is 7.77. The molecule has 1 unspecified atom stereocenters. The van der Waals surface area contributed by atoms with Crippen molar-refractivity contribution in [3.8, 4) is 0 Å². The zero-order valence-electron chi connectivity index (χ0n) is 13.6. The molecule has 5 heteroatoms. The smallest absolute Gasteiger partial charge is 0.160 e. The van der Waals surface area contributed by atoms with E-state index in [0.29, 0.717) is 18.5 Å². The number of nitrogens with zero attached hydrogens (tertiary/aromatic N) is 4. The van der Waals surface area contributed by atoms with Crippen molar-refractivity contribution in [2.24, 2.45) is 0 Å². The molecule has 0 aromatic carbocycles. The number of fused-ring (bicyclic) bond motifs is 1. The quantitative estimate of drug-likeness (QED) is 0.742. The highest BCUT2D eigenvalue weighted by atomic mass is 16.3. The lowest BCUT2D eigenvalue weighted by Gasteiger charge is -2.20. The first-order chi connectivity index (χ1) is 11.2. The van der Waals surface area contributed by atoms with E-state index in [9.17, 15) is 0 Å². The fourth-order valence-corrected chi connectivity index (χ4v) is 3.47. The summed E-state index contributed by atoms with van der Waals surface area (Å²) in [6.07, 6.45) is 4.71. The van der Waals surface area contributed by atoms with E-state index in [2.05, 4.69) is 28.3 Å². The molecule has 120 valence electrons. The van der Waals surface area contributed by atoms with Gasteiger partial charge in [0.2, 0.25) is 0 Å². The van der Waals surface area contributed by atoms with E-state index in [1.807, 2.05) is 30.5 Å². The van der Waals surface area contributed by atoms with Gasteiger partial charge in [0, 0.05) is 24.7 Å². The molecule has 0 radical (unpaired) electrons. The Bertz CT molecular complexity index is 791.